The molecule has 5 nitrogen and oxygen atoms in total. The highest BCUT2D eigenvalue weighted by Crippen LogP contribution is 2.48. The third kappa shape index (κ3) is 7.52. The van der Waals surface area contributed by atoms with Gasteiger partial charge in [-0.15, -0.1) is 0 Å². The first kappa shape index (κ1) is 35.1. The van der Waals surface area contributed by atoms with Crippen LogP contribution in [0.15, 0.2) is 182 Å². The van der Waals surface area contributed by atoms with Crippen molar-refractivity contribution in [3.8, 4) is 28.0 Å². The molecule has 0 saturated heterocycles. The number of aryl methyl sites for hydroxylation is 1. The molecule has 0 aliphatic carbocycles. The summed E-state index contributed by atoms with van der Waals surface area (Å²) in [5.41, 5.74) is 2.02. The molecule has 7 aromatic carbocycles. The van der Waals surface area contributed by atoms with Gasteiger partial charge in [0.1, 0.15) is 0 Å². The second-order valence-corrected chi connectivity index (χ2v) is 13.8. The molecule has 0 bridgehead atoms. The molecule has 0 unspecified atom stereocenters. The lowest BCUT2D eigenvalue weighted by molar-refractivity contribution is -0.0499. The average Bonchev–Trinajstić information content (AvgIpc) is 3.18. The van der Waals surface area contributed by atoms with Gasteiger partial charge in [-0.05, 0) is 95.4 Å². The summed E-state index contributed by atoms with van der Waals surface area (Å²) in [4.78, 5) is 3.68. The Hall–Kier alpha value is -6.32. The van der Waals surface area contributed by atoms with Crippen molar-refractivity contribution in [1.82, 2.24) is 0 Å². The fraction of sp³-hybridized carbons (Fsp3) is 0.0455. The second kappa shape index (κ2) is 14.7. The van der Waals surface area contributed by atoms with E-state index in [1.165, 1.54) is 6.07 Å². The third-order valence-electron chi connectivity index (χ3n) is 8.74. The minimum Gasteiger partial charge on any atom is -0.374 e. The number of nitrogens with zero attached hydrogens (tertiary/aromatic N) is 2. The highest BCUT2D eigenvalue weighted by molar-refractivity contribution is 7.88. The van der Waals surface area contributed by atoms with E-state index in [-0.39, 0.29) is 5.69 Å². The number of hydrogen-bond donors (Lipinski definition) is 0. The summed E-state index contributed by atoms with van der Waals surface area (Å²) in [5, 5.41) is 0. The number of hydrogen-bond acceptors (Lipinski definition) is 5. The molecule has 7 aromatic rings. The quantitative estimate of drug-likeness (QED) is 0.104. The summed E-state index contributed by atoms with van der Waals surface area (Å²) >= 11 is 0. The van der Waals surface area contributed by atoms with Crippen LogP contribution in [0.4, 0.5) is 47.3 Å². The summed E-state index contributed by atoms with van der Waals surface area (Å²) in [6.45, 7) is 1.71. The first-order valence-electron chi connectivity index (χ1n) is 16.8. The van der Waals surface area contributed by atoms with Crippen molar-refractivity contribution in [2.24, 2.45) is 0 Å². The van der Waals surface area contributed by atoms with Gasteiger partial charge < -0.3 is 14.0 Å². The van der Waals surface area contributed by atoms with Crippen LogP contribution in [0.2, 0.25) is 0 Å². The van der Waals surface area contributed by atoms with Crippen molar-refractivity contribution >= 4 is 44.2 Å². The number of benzene rings is 7. The summed E-state index contributed by atoms with van der Waals surface area (Å²) < 4.78 is 72.1. The Morgan fingerprint density at radius 3 is 1.19 bits per heavy atom. The van der Waals surface area contributed by atoms with Gasteiger partial charge in [-0.3, -0.25) is 0 Å². The second-order valence-electron chi connectivity index (χ2n) is 12.3. The number of para-hydroxylation sites is 2. The predicted octanol–water partition coefficient (Wildman–Crippen LogP) is 12.5. The lowest BCUT2D eigenvalue weighted by Crippen LogP contribution is -2.28. The maximum absolute atomic E-state index is 13.9. The topological polar surface area (TPSA) is 49.9 Å². The predicted molar refractivity (Wildman–Crippen MR) is 207 cm³/mol. The molecular formula is C44H33F3N2O3S. The summed E-state index contributed by atoms with van der Waals surface area (Å²) in [5.74, 6) is -0.482. The van der Waals surface area contributed by atoms with Crippen molar-refractivity contribution in [3.05, 3.63) is 188 Å². The van der Waals surface area contributed by atoms with Gasteiger partial charge in [0.15, 0.2) is 5.75 Å². The molecule has 0 fully saturated rings. The molecule has 0 aliphatic heterocycles. The summed E-state index contributed by atoms with van der Waals surface area (Å²) in [7, 11) is -6.05. The molecule has 0 atom stereocenters. The van der Waals surface area contributed by atoms with E-state index in [9.17, 15) is 21.6 Å². The maximum Gasteiger partial charge on any atom is 0.534 e. The Labute approximate surface area is 306 Å². The number of alkyl halides is 3. The lowest BCUT2D eigenvalue weighted by Gasteiger charge is -2.32. The minimum atomic E-state index is -6.05. The van der Waals surface area contributed by atoms with E-state index in [0.29, 0.717) is 22.6 Å². The monoisotopic (exact) mass is 726 g/mol. The average molecular weight is 727 g/mol. The highest BCUT2D eigenvalue weighted by atomic mass is 32.2. The highest BCUT2D eigenvalue weighted by Gasteiger charge is 2.49. The van der Waals surface area contributed by atoms with Crippen molar-refractivity contribution in [2.75, 3.05) is 9.80 Å². The van der Waals surface area contributed by atoms with E-state index in [1.807, 2.05) is 175 Å². The Balaban J connectivity index is 1.47. The molecule has 0 aliphatic rings. The van der Waals surface area contributed by atoms with Crippen molar-refractivity contribution < 1.29 is 25.8 Å². The molecule has 53 heavy (non-hydrogen) atoms. The van der Waals surface area contributed by atoms with Gasteiger partial charge in [0.25, 0.3) is 0 Å². The van der Waals surface area contributed by atoms with Crippen LogP contribution in [0.5, 0.6) is 5.75 Å². The van der Waals surface area contributed by atoms with Crippen LogP contribution < -0.4 is 14.0 Å². The molecule has 0 heterocycles. The van der Waals surface area contributed by atoms with Gasteiger partial charge in [-0.25, -0.2) is 0 Å². The molecule has 9 heteroatoms. The van der Waals surface area contributed by atoms with Crippen LogP contribution in [-0.4, -0.2) is 13.9 Å². The van der Waals surface area contributed by atoms with E-state index in [0.717, 1.165) is 33.6 Å². The van der Waals surface area contributed by atoms with Crippen LogP contribution >= 0.6 is 0 Å². The fourth-order valence-electron chi connectivity index (χ4n) is 6.18. The number of rotatable bonds is 10. The standard InChI is InChI=1S/C44H33F3N2O3S/c1-32-30-43(52-53(50,51)44(45,46)47)42(31-41(32)48(37-18-10-4-11-19-37)38-20-12-5-13-21-38)49(39-26-22-35(23-27-39)33-14-6-2-7-15-33)40-28-24-36(25-29-40)34-16-8-3-9-17-34/h2-31H,1H3. The Morgan fingerprint density at radius 1 is 0.453 bits per heavy atom. The summed E-state index contributed by atoms with van der Waals surface area (Å²) in [6.07, 6.45) is 0. The number of anilines is 6. The molecule has 0 radical (unpaired) electrons. The maximum atomic E-state index is 13.9. The first-order valence-corrected chi connectivity index (χ1v) is 18.2. The van der Waals surface area contributed by atoms with Gasteiger partial charge >= 0.3 is 15.6 Å². The lowest BCUT2D eigenvalue weighted by atomic mass is 10.0. The molecule has 0 aromatic heterocycles. The van der Waals surface area contributed by atoms with Crippen molar-refractivity contribution in [3.63, 3.8) is 0 Å². The normalized spacial score (nSPS) is 11.5. The third-order valence-corrected chi connectivity index (χ3v) is 9.70. The van der Waals surface area contributed by atoms with E-state index < -0.39 is 21.4 Å². The van der Waals surface area contributed by atoms with Gasteiger partial charge in [0, 0.05) is 22.7 Å². The molecule has 0 N–H and O–H groups in total. The van der Waals surface area contributed by atoms with Crippen molar-refractivity contribution in [2.45, 2.75) is 12.4 Å². The fourth-order valence-corrected chi connectivity index (χ4v) is 6.65. The molecular weight excluding hydrogens is 694 g/mol. The van der Waals surface area contributed by atoms with E-state index in [4.69, 9.17) is 4.18 Å². The first-order chi connectivity index (χ1) is 25.6. The van der Waals surface area contributed by atoms with Crippen LogP contribution in [-0.2, 0) is 10.1 Å². The van der Waals surface area contributed by atoms with Gasteiger partial charge in [0.2, 0.25) is 0 Å². The van der Waals surface area contributed by atoms with Crippen molar-refractivity contribution in [1.29, 1.82) is 0 Å². The van der Waals surface area contributed by atoms with Gasteiger partial charge in [-0.1, -0.05) is 121 Å². The Bertz CT molecular complexity index is 2290. The molecule has 264 valence electrons. The van der Waals surface area contributed by atoms with Crippen LogP contribution in [0.3, 0.4) is 0 Å². The zero-order valence-corrected chi connectivity index (χ0v) is 29.3. The smallest absolute Gasteiger partial charge is 0.374 e. The number of halogens is 3. The van der Waals surface area contributed by atoms with E-state index >= 15 is 0 Å². The zero-order valence-electron chi connectivity index (χ0n) is 28.5. The Kier molecular flexibility index (Phi) is 9.76. The largest absolute Gasteiger partial charge is 0.534 e. The molecule has 0 saturated carbocycles. The molecule has 0 amide bonds. The van der Waals surface area contributed by atoms with Crippen LogP contribution in [0.1, 0.15) is 5.56 Å². The SMILES string of the molecule is Cc1cc(OS(=O)(=O)C(F)(F)F)c(N(c2ccc(-c3ccccc3)cc2)c2ccc(-c3ccccc3)cc2)cc1N(c1ccccc1)c1ccccc1. The molecule has 7 rings (SSSR count). The minimum absolute atomic E-state index is 0.0789. The van der Waals surface area contributed by atoms with E-state index in [1.54, 1.807) is 17.9 Å². The molecule has 0 spiro atoms. The zero-order chi connectivity index (χ0) is 37.0. The van der Waals surface area contributed by atoms with Crippen LogP contribution in [0.25, 0.3) is 22.3 Å². The van der Waals surface area contributed by atoms with Crippen LogP contribution in [0, 0.1) is 6.92 Å². The summed E-state index contributed by atoms with van der Waals surface area (Å²) in [6, 6.07) is 56.7. The van der Waals surface area contributed by atoms with E-state index in [2.05, 4.69) is 0 Å². The Morgan fingerprint density at radius 2 is 0.792 bits per heavy atom. The van der Waals surface area contributed by atoms with Gasteiger partial charge in [0.05, 0.1) is 11.4 Å². The van der Waals surface area contributed by atoms with Gasteiger partial charge in [-0.2, -0.15) is 21.6 Å².